The number of hydrogen-bond acceptors (Lipinski definition) is 6. The Hall–Kier alpha value is -2.67. The number of rotatable bonds is 5. The van der Waals surface area contributed by atoms with Gasteiger partial charge in [0.05, 0.1) is 17.0 Å². The second kappa shape index (κ2) is 8.14. The summed E-state index contributed by atoms with van der Waals surface area (Å²) in [5.41, 5.74) is 3.44. The van der Waals surface area contributed by atoms with Crippen molar-refractivity contribution in [2.75, 3.05) is 5.32 Å². The number of nitrogens with one attached hydrogen (secondary N) is 1. The van der Waals surface area contributed by atoms with Gasteiger partial charge < -0.3 is 9.26 Å². The molecule has 1 aromatic carbocycles. The quantitative estimate of drug-likeness (QED) is 0.623. The van der Waals surface area contributed by atoms with E-state index in [0.717, 1.165) is 35.6 Å². The number of hydrogen-bond donors (Lipinski definition) is 1. The molecule has 4 rings (SSSR count). The number of nitrogens with zero attached hydrogens (tertiary/aromatic N) is 2. The zero-order chi connectivity index (χ0) is 19.5. The summed E-state index contributed by atoms with van der Waals surface area (Å²) in [5, 5.41) is 7.55. The van der Waals surface area contributed by atoms with Crippen LogP contribution < -0.4 is 10.1 Å². The summed E-state index contributed by atoms with van der Waals surface area (Å²) in [5.74, 6) is 1.20. The molecule has 0 bridgehead atoms. The van der Waals surface area contributed by atoms with Crippen molar-refractivity contribution in [3.05, 3.63) is 57.4 Å². The first-order chi connectivity index (χ1) is 13.6. The number of anilines is 1. The van der Waals surface area contributed by atoms with Crippen LogP contribution in [0.3, 0.4) is 0 Å². The Kier molecular flexibility index (Phi) is 5.43. The average Bonchev–Trinajstić information content (AvgIpc) is 3.14. The van der Waals surface area contributed by atoms with Crippen molar-refractivity contribution in [1.82, 2.24) is 10.1 Å². The minimum Gasteiger partial charge on any atom is -0.489 e. The highest BCUT2D eigenvalue weighted by Gasteiger charge is 2.16. The largest absolute Gasteiger partial charge is 0.489 e. The van der Waals surface area contributed by atoms with Gasteiger partial charge in [-0.1, -0.05) is 17.6 Å². The van der Waals surface area contributed by atoms with Crippen LogP contribution in [0, 0.1) is 13.8 Å². The SMILES string of the molecule is Cc1noc(C)c1COc1cccc(C(=O)Nc2nc3c(s2)CCCCC3)c1. The third-order valence-electron chi connectivity index (χ3n) is 4.98. The van der Waals surface area contributed by atoms with Gasteiger partial charge in [0, 0.05) is 10.4 Å². The third-order valence-corrected chi connectivity index (χ3v) is 6.05. The molecule has 1 amide bonds. The Bertz CT molecular complexity index is 950. The molecular weight excluding hydrogens is 374 g/mol. The van der Waals surface area contributed by atoms with Crippen molar-refractivity contribution in [2.45, 2.75) is 52.6 Å². The van der Waals surface area contributed by atoms with Crippen molar-refractivity contribution in [3.8, 4) is 5.75 Å². The van der Waals surface area contributed by atoms with Crippen LogP contribution in [-0.2, 0) is 19.4 Å². The van der Waals surface area contributed by atoms with Crippen LogP contribution in [0.15, 0.2) is 28.8 Å². The maximum Gasteiger partial charge on any atom is 0.257 e. The monoisotopic (exact) mass is 397 g/mol. The Balaban J connectivity index is 1.43. The molecule has 6 nitrogen and oxygen atoms in total. The van der Waals surface area contributed by atoms with E-state index < -0.39 is 0 Å². The molecule has 146 valence electrons. The molecule has 0 saturated heterocycles. The fourth-order valence-electron chi connectivity index (χ4n) is 3.34. The van der Waals surface area contributed by atoms with E-state index in [4.69, 9.17) is 9.26 Å². The van der Waals surface area contributed by atoms with Crippen LogP contribution in [-0.4, -0.2) is 16.0 Å². The molecule has 1 aliphatic carbocycles. The molecule has 1 N–H and O–H groups in total. The molecule has 0 unspecified atom stereocenters. The van der Waals surface area contributed by atoms with Gasteiger partial charge in [0.25, 0.3) is 5.91 Å². The highest BCUT2D eigenvalue weighted by molar-refractivity contribution is 7.15. The van der Waals surface area contributed by atoms with Crippen LogP contribution in [0.4, 0.5) is 5.13 Å². The van der Waals surface area contributed by atoms with E-state index in [1.165, 1.54) is 24.1 Å². The van der Waals surface area contributed by atoms with Crippen molar-refractivity contribution in [1.29, 1.82) is 0 Å². The van der Waals surface area contributed by atoms with Crippen molar-refractivity contribution >= 4 is 22.4 Å². The van der Waals surface area contributed by atoms with Crippen LogP contribution in [0.1, 0.15) is 57.2 Å². The molecule has 28 heavy (non-hydrogen) atoms. The van der Waals surface area contributed by atoms with E-state index in [-0.39, 0.29) is 5.91 Å². The smallest absolute Gasteiger partial charge is 0.257 e. The topological polar surface area (TPSA) is 77.2 Å². The van der Waals surface area contributed by atoms with Gasteiger partial charge in [-0.05, 0) is 57.7 Å². The zero-order valence-corrected chi connectivity index (χ0v) is 16.9. The van der Waals surface area contributed by atoms with Crippen LogP contribution in [0.25, 0.3) is 0 Å². The highest BCUT2D eigenvalue weighted by Crippen LogP contribution is 2.29. The highest BCUT2D eigenvalue weighted by atomic mass is 32.1. The maximum atomic E-state index is 12.7. The van der Waals surface area contributed by atoms with Crippen molar-refractivity contribution < 1.29 is 14.1 Å². The molecule has 1 aliphatic rings. The lowest BCUT2D eigenvalue weighted by atomic mass is 10.2. The standard InChI is InChI=1S/C21H23N3O3S/c1-13-17(14(2)27-24-13)12-26-16-8-6-7-15(11-16)20(25)23-21-22-18-9-4-3-5-10-19(18)28-21/h6-8,11H,3-5,9-10,12H2,1-2H3,(H,22,23,25). The van der Waals surface area contributed by atoms with E-state index in [2.05, 4.69) is 15.5 Å². The number of benzene rings is 1. The Morgan fingerprint density at radius 1 is 1.25 bits per heavy atom. The van der Waals surface area contributed by atoms with Gasteiger partial charge in [-0.2, -0.15) is 0 Å². The number of carbonyl (C=O) groups is 1. The lowest BCUT2D eigenvalue weighted by Crippen LogP contribution is -2.12. The zero-order valence-electron chi connectivity index (χ0n) is 16.1. The van der Waals surface area contributed by atoms with E-state index in [1.54, 1.807) is 23.5 Å². The summed E-state index contributed by atoms with van der Waals surface area (Å²) in [6.45, 7) is 4.10. The summed E-state index contributed by atoms with van der Waals surface area (Å²) in [6.07, 6.45) is 5.70. The lowest BCUT2D eigenvalue weighted by molar-refractivity contribution is 0.102. The predicted molar refractivity (Wildman–Crippen MR) is 108 cm³/mol. The minimum absolute atomic E-state index is 0.174. The molecule has 0 spiro atoms. The predicted octanol–water partition coefficient (Wildman–Crippen LogP) is 4.85. The molecule has 2 aromatic heterocycles. The molecule has 0 atom stereocenters. The molecule has 0 aliphatic heterocycles. The molecule has 2 heterocycles. The van der Waals surface area contributed by atoms with Gasteiger partial charge in [0.2, 0.25) is 0 Å². The Labute approximate surface area is 167 Å². The first kappa shape index (κ1) is 18.7. The molecule has 0 fully saturated rings. The first-order valence-corrected chi connectivity index (χ1v) is 10.4. The van der Waals surface area contributed by atoms with Gasteiger partial charge in [0.15, 0.2) is 5.13 Å². The molecular formula is C21H23N3O3S. The van der Waals surface area contributed by atoms with E-state index in [9.17, 15) is 4.79 Å². The summed E-state index contributed by atoms with van der Waals surface area (Å²) in [4.78, 5) is 18.6. The fourth-order valence-corrected chi connectivity index (χ4v) is 4.39. The van der Waals surface area contributed by atoms with Gasteiger partial charge in [-0.3, -0.25) is 10.1 Å². The second-order valence-corrected chi connectivity index (χ2v) is 8.11. The third kappa shape index (κ3) is 4.09. The lowest BCUT2D eigenvalue weighted by Gasteiger charge is -2.08. The summed E-state index contributed by atoms with van der Waals surface area (Å²) >= 11 is 1.60. The van der Waals surface area contributed by atoms with Gasteiger partial charge in [-0.15, -0.1) is 11.3 Å². The number of fused-ring (bicyclic) bond motifs is 1. The summed E-state index contributed by atoms with van der Waals surface area (Å²) in [7, 11) is 0. The van der Waals surface area contributed by atoms with Crippen LogP contribution in [0.2, 0.25) is 0 Å². The summed E-state index contributed by atoms with van der Waals surface area (Å²) in [6, 6.07) is 7.16. The van der Waals surface area contributed by atoms with Crippen LogP contribution >= 0.6 is 11.3 Å². The number of carbonyl (C=O) groups excluding carboxylic acids is 1. The number of amides is 1. The fraction of sp³-hybridized carbons (Fsp3) is 0.381. The van der Waals surface area contributed by atoms with E-state index in [0.29, 0.717) is 23.1 Å². The van der Waals surface area contributed by atoms with Gasteiger partial charge >= 0.3 is 0 Å². The summed E-state index contributed by atoms with van der Waals surface area (Å²) < 4.78 is 11.0. The number of aryl methyl sites for hydroxylation is 4. The number of ether oxygens (including phenoxy) is 1. The van der Waals surface area contributed by atoms with Gasteiger partial charge in [0.1, 0.15) is 18.1 Å². The normalized spacial score (nSPS) is 13.6. The van der Waals surface area contributed by atoms with E-state index in [1.807, 2.05) is 26.0 Å². The van der Waals surface area contributed by atoms with Crippen molar-refractivity contribution in [3.63, 3.8) is 0 Å². The Morgan fingerprint density at radius 2 is 2.11 bits per heavy atom. The average molecular weight is 398 g/mol. The molecule has 0 radical (unpaired) electrons. The maximum absolute atomic E-state index is 12.7. The van der Waals surface area contributed by atoms with E-state index >= 15 is 0 Å². The Morgan fingerprint density at radius 3 is 2.93 bits per heavy atom. The molecule has 0 saturated carbocycles. The first-order valence-electron chi connectivity index (χ1n) is 9.54. The molecule has 7 heteroatoms. The van der Waals surface area contributed by atoms with Gasteiger partial charge in [-0.25, -0.2) is 4.98 Å². The second-order valence-electron chi connectivity index (χ2n) is 7.02. The number of thiazole rings is 1. The van der Waals surface area contributed by atoms with Crippen molar-refractivity contribution in [2.24, 2.45) is 0 Å². The minimum atomic E-state index is -0.174. The molecule has 3 aromatic rings. The van der Waals surface area contributed by atoms with Crippen LogP contribution in [0.5, 0.6) is 5.75 Å². The number of aromatic nitrogens is 2.